The third kappa shape index (κ3) is 13.9. The monoisotopic (exact) mass is 1690 g/mol. The second-order valence-electron chi connectivity index (χ2n) is 36.0. The van der Waals surface area contributed by atoms with Gasteiger partial charge in [-0.15, -0.1) is 0 Å². The van der Waals surface area contributed by atoms with Gasteiger partial charge in [-0.25, -0.2) is 0 Å². The predicted octanol–water partition coefficient (Wildman–Crippen LogP) is 35.9. The highest BCUT2D eigenvalue weighted by atomic mass is 15.0. The summed E-state index contributed by atoms with van der Waals surface area (Å²) in [6.45, 7) is 6.79. The van der Waals surface area contributed by atoms with E-state index in [0.717, 1.165) is 0 Å². The third-order valence-corrected chi connectivity index (χ3v) is 27.3. The minimum absolute atomic E-state index is 0.144. The summed E-state index contributed by atoms with van der Waals surface area (Å²) < 4.78 is 7.19. The molecule has 0 aliphatic carbocycles. The maximum absolute atomic E-state index is 2.40. The van der Waals surface area contributed by atoms with E-state index in [1.54, 1.807) is 0 Å². The minimum Gasteiger partial charge on any atom is -0.309 e. The first-order chi connectivity index (χ1) is 65.7. The highest BCUT2D eigenvalue weighted by Crippen LogP contribution is 2.50. The highest BCUT2D eigenvalue weighted by molar-refractivity contribution is 6.25. The first kappa shape index (κ1) is 79.4. The minimum atomic E-state index is 0.144. The molecule has 0 atom stereocenters. The molecule has 3 heterocycles. The molecule has 26 rings (SSSR count). The smallest absolute Gasteiger partial charge is 0.0541 e. The summed E-state index contributed by atoms with van der Waals surface area (Å²) in [6.07, 6.45) is 0. The quantitative estimate of drug-likeness (QED) is 0.115. The maximum atomic E-state index is 2.40. The molecule has 0 bridgehead atoms. The molecular formula is C130H91N3. The molecule has 0 saturated heterocycles. The van der Waals surface area contributed by atoms with Gasteiger partial charge >= 0.3 is 0 Å². The Morgan fingerprint density at radius 2 is 0.301 bits per heavy atom. The first-order valence-electron chi connectivity index (χ1n) is 46.2. The van der Waals surface area contributed by atoms with E-state index in [-0.39, 0.29) is 5.41 Å². The lowest BCUT2D eigenvalue weighted by Gasteiger charge is -2.19. The Labute approximate surface area is 773 Å². The Hall–Kier alpha value is -17.0. The lowest BCUT2D eigenvalue weighted by molar-refractivity contribution is 0.590. The van der Waals surface area contributed by atoms with Gasteiger partial charge in [0.2, 0.25) is 0 Å². The van der Waals surface area contributed by atoms with E-state index in [2.05, 4.69) is 532 Å². The van der Waals surface area contributed by atoms with Crippen LogP contribution < -0.4 is 0 Å². The molecule has 0 amide bonds. The second kappa shape index (κ2) is 33.3. The standard InChI is InChI=1S/C48H37N.C44H29N.C38H25N/c1-48(2,3)36-28-24-33(25-29-36)32-20-22-34(23-21-32)46-40-14-4-6-16-42(40)47(43-17-7-5-15-41(43)46)35-26-30-37(31-27-35)49-44-18-10-8-12-38(44)39-13-9-11-19-45(39)49;1-2-13-30(14-3-1)31-25-27-32(28-26-31)43-37-19-4-6-21-39(37)44(40-22-7-5-20-38(40)43)33-15-12-16-34(29-33)45-41-23-10-8-17-35(41)36-18-9-11-24-42(36)45;1-2-13-26(14-3-1)37-31-19-4-6-21-33(31)38(34-22-7-5-20-32(34)37)27-15-12-16-28(25-27)39-35-23-10-8-17-29(35)30-18-9-11-24-36(30)39/h4-31H,1-3H3;1-29H;1-25H. The Balaban J connectivity index is 0.000000110. The zero-order valence-electron chi connectivity index (χ0n) is 74.2. The van der Waals surface area contributed by atoms with Crippen molar-refractivity contribution < 1.29 is 0 Å². The van der Waals surface area contributed by atoms with Crippen molar-refractivity contribution >= 4 is 130 Å². The van der Waals surface area contributed by atoms with E-state index >= 15 is 0 Å². The summed E-state index contributed by atoms with van der Waals surface area (Å²) in [4.78, 5) is 0. The molecule has 0 saturated carbocycles. The summed E-state index contributed by atoms with van der Waals surface area (Å²) in [5, 5.41) is 22.9. The van der Waals surface area contributed by atoms with Gasteiger partial charge in [0.05, 0.1) is 33.1 Å². The van der Waals surface area contributed by atoms with E-state index in [9.17, 15) is 0 Å². The number of hydrogen-bond donors (Lipinski definition) is 0. The number of fused-ring (bicyclic) bond motifs is 15. The molecular weight excluding hydrogens is 1600 g/mol. The first-order valence-corrected chi connectivity index (χ1v) is 46.2. The van der Waals surface area contributed by atoms with Gasteiger partial charge in [0.1, 0.15) is 0 Å². The predicted molar refractivity (Wildman–Crippen MR) is 570 cm³/mol. The number of para-hydroxylation sites is 6. The Bertz CT molecular complexity index is 8660. The number of nitrogens with zero attached hydrogens (tertiary/aromatic N) is 3. The van der Waals surface area contributed by atoms with Crippen LogP contribution >= 0.6 is 0 Å². The van der Waals surface area contributed by atoms with E-state index in [1.165, 1.54) is 242 Å². The lowest BCUT2D eigenvalue weighted by Crippen LogP contribution is -2.10. The van der Waals surface area contributed by atoms with Crippen molar-refractivity contribution in [2.24, 2.45) is 0 Å². The van der Waals surface area contributed by atoms with E-state index in [1.807, 2.05) is 0 Å². The number of benzene rings is 23. The van der Waals surface area contributed by atoms with Gasteiger partial charge in [0.15, 0.2) is 0 Å². The van der Waals surface area contributed by atoms with Crippen molar-refractivity contribution in [2.45, 2.75) is 26.2 Å². The molecule has 0 unspecified atom stereocenters. The Kier molecular flexibility index (Phi) is 19.9. The van der Waals surface area contributed by atoms with Crippen molar-refractivity contribution in [2.75, 3.05) is 0 Å². The molecule has 626 valence electrons. The molecule has 0 aliphatic heterocycles. The van der Waals surface area contributed by atoms with Crippen LogP contribution in [0.5, 0.6) is 0 Å². The van der Waals surface area contributed by atoms with Crippen LogP contribution in [-0.4, -0.2) is 13.7 Å². The van der Waals surface area contributed by atoms with Gasteiger partial charge in [0, 0.05) is 49.4 Å². The number of rotatable bonds is 11. The molecule has 0 aliphatic rings. The summed E-state index contributed by atoms with van der Waals surface area (Å²) in [7, 11) is 0. The lowest BCUT2D eigenvalue weighted by atomic mass is 9.85. The van der Waals surface area contributed by atoms with Crippen LogP contribution in [0.4, 0.5) is 0 Å². The van der Waals surface area contributed by atoms with Crippen LogP contribution in [0.15, 0.2) is 497 Å². The zero-order chi connectivity index (χ0) is 88.6. The summed E-state index contributed by atoms with van der Waals surface area (Å²) in [5.74, 6) is 0. The van der Waals surface area contributed by atoms with Gasteiger partial charge in [-0.2, -0.15) is 0 Å². The van der Waals surface area contributed by atoms with Crippen LogP contribution in [-0.2, 0) is 5.41 Å². The molecule has 0 fully saturated rings. The van der Waals surface area contributed by atoms with Crippen LogP contribution in [0, 0.1) is 0 Å². The fourth-order valence-electron chi connectivity index (χ4n) is 21.3. The van der Waals surface area contributed by atoms with Gasteiger partial charge in [-0.05, 0) is 237 Å². The zero-order valence-corrected chi connectivity index (χ0v) is 74.2. The normalized spacial score (nSPS) is 11.7. The maximum Gasteiger partial charge on any atom is 0.0541 e. The molecule has 0 N–H and O–H groups in total. The topological polar surface area (TPSA) is 14.8 Å². The molecule has 3 nitrogen and oxygen atoms in total. The second-order valence-corrected chi connectivity index (χ2v) is 36.0. The van der Waals surface area contributed by atoms with Crippen LogP contribution in [0.1, 0.15) is 26.3 Å². The van der Waals surface area contributed by atoms with E-state index in [0.29, 0.717) is 0 Å². The van der Waals surface area contributed by atoms with Crippen molar-refractivity contribution in [3.63, 3.8) is 0 Å². The SMILES string of the molecule is CC(C)(C)c1ccc(-c2ccc(-c3c4ccccc4c(-c4ccc(-n5c6ccccc6c6ccccc65)cc4)c4ccccc34)cc2)cc1.c1ccc(-c2c3ccccc3c(-c3cccc(-n4c5ccccc5c5ccccc54)c3)c3ccccc23)cc1.c1ccc(-c2ccc(-c3c4ccccc4c(-c4cccc(-n5c6ccccc6c6ccccc65)c4)c4ccccc34)cc2)cc1. The van der Waals surface area contributed by atoms with Gasteiger partial charge in [-0.3, -0.25) is 0 Å². The average Bonchev–Trinajstić information content (AvgIpc) is 1.02. The fourth-order valence-corrected chi connectivity index (χ4v) is 21.3. The van der Waals surface area contributed by atoms with Crippen molar-refractivity contribution in [3.05, 3.63) is 503 Å². The van der Waals surface area contributed by atoms with Crippen LogP contribution in [0.2, 0.25) is 0 Å². The largest absolute Gasteiger partial charge is 0.309 e. The summed E-state index contributed by atoms with van der Waals surface area (Å²) >= 11 is 0. The molecule has 3 heteroatoms. The number of aromatic nitrogens is 3. The van der Waals surface area contributed by atoms with Gasteiger partial charge in [0.25, 0.3) is 0 Å². The molecule has 3 aromatic heterocycles. The molecule has 0 radical (unpaired) electrons. The molecule has 0 spiro atoms. The molecule has 23 aromatic carbocycles. The highest BCUT2D eigenvalue weighted by Gasteiger charge is 2.25. The fraction of sp³-hybridized carbons (Fsp3) is 0.0308. The summed E-state index contributed by atoms with van der Waals surface area (Å²) in [6, 6.07) is 181. The van der Waals surface area contributed by atoms with E-state index in [4.69, 9.17) is 0 Å². The van der Waals surface area contributed by atoms with Gasteiger partial charge in [-0.1, -0.05) is 445 Å². The van der Waals surface area contributed by atoms with Crippen LogP contribution in [0.3, 0.4) is 0 Å². The Morgan fingerprint density at radius 3 is 0.556 bits per heavy atom. The van der Waals surface area contributed by atoms with Crippen molar-refractivity contribution in [1.82, 2.24) is 13.7 Å². The van der Waals surface area contributed by atoms with Crippen molar-refractivity contribution in [3.8, 4) is 106 Å². The molecule has 26 aromatic rings. The average molecular weight is 1700 g/mol. The van der Waals surface area contributed by atoms with Crippen molar-refractivity contribution in [1.29, 1.82) is 0 Å². The molecule has 133 heavy (non-hydrogen) atoms. The third-order valence-electron chi connectivity index (χ3n) is 27.3. The van der Waals surface area contributed by atoms with Crippen LogP contribution in [0.25, 0.3) is 236 Å². The summed E-state index contributed by atoms with van der Waals surface area (Å²) in [5.41, 5.74) is 32.3. The van der Waals surface area contributed by atoms with E-state index < -0.39 is 0 Å². The Morgan fingerprint density at radius 1 is 0.128 bits per heavy atom. The number of hydrogen-bond acceptors (Lipinski definition) is 0. The van der Waals surface area contributed by atoms with Gasteiger partial charge < -0.3 is 13.7 Å².